The zero-order valence-electron chi connectivity index (χ0n) is 7.24. The number of nitrogens with one attached hydrogen (secondary N) is 1. The van der Waals surface area contributed by atoms with Crippen LogP contribution in [0.15, 0.2) is 0 Å². The number of hydrogen-bond acceptors (Lipinski definition) is 2. The molecule has 0 amide bonds. The molecule has 2 nitrogen and oxygen atoms in total. The highest BCUT2D eigenvalue weighted by molar-refractivity contribution is 5.82. The molecule has 2 aliphatic rings. The van der Waals surface area contributed by atoms with Gasteiger partial charge < -0.3 is 5.32 Å². The van der Waals surface area contributed by atoms with Crippen LogP contribution >= 0.6 is 0 Å². The van der Waals surface area contributed by atoms with Crippen LogP contribution in [-0.2, 0) is 4.79 Å². The van der Waals surface area contributed by atoms with E-state index in [1.165, 1.54) is 0 Å². The van der Waals surface area contributed by atoms with Gasteiger partial charge in [-0.3, -0.25) is 4.79 Å². The second-order valence-electron chi connectivity index (χ2n) is 4.64. The minimum absolute atomic E-state index is 0.129. The monoisotopic (exact) mass is 153 g/mol. The van der Waals surface area contributed by atoms with Gasteiger partial charge >= 0.3 is 0 Å². The lowest BCUT2D eigenvalue weighted by atomic mass is 9.88. The summed E-state index contributed by atoms with van der Waals surface area (Å²) in [6.45, 7) is 4.32. The molecule has 0 aromatic rings. The summed E-state index contributed by atoms with van der Waals surface area (Å²) in [6.07, 6.45) is 3.80. The van der Waals surface area contributed by atoms with Crippen LogP contribution in [0.2, 0.25) is 0 Å². The Labute approximate surface area is 67.4 Å². The van der Waals surface area contributed by atoms with E-state index in [2.05, 4.69) is 19.2 Å². The molecule has 2 saturated heterocycles. The van der Waals surface area contributed by atoms with Gasteiger partial charge in [0.2, 0.25) is 0 Å². The van der Waals surface area contributed by atoms with Gasteiger partial charge in [0.05, 0.1) is 0 Å². The first-order valence-corrected chi connectivity index (χ1v) is 4.33. The van der Waals surface area contributed by atoms with Crippen LogP contribution < -0.4 is 5.32 Å². The first kappa shape index (κ1) is 7.29. The minimum atomic E-state index is 0.129. The van der Waals surface area contributed by atoms with E-state index in [0.717, 1.165) is 25.7 Å². The third-order valence-corrected chi connectivity index (χ3v) is 3.01. The zero-order chi connectivity index (χ0) is 8.11. The Bertz CT molecular complexity index is 194. The molecule has 62 valence electrons. The summed E-state index contributed by atoms with van der Waals surface area (Å²) in [5.41, 5.74) is 0.258. The van der Waals surface area contributed by atoms with Gasteiger partial charge in [-0.1, -0.05) is 0 Å². The largest absolute Gasteiger partial charge is 0.305 e. The molecule has 0 radical (unpaired) electrons. The van der Waals surface area contributed by atoms with Gasteiger partial charge in [0.1, 0.15) is 5.78 Å². The Morgan fingerprint density at radius 1 is 1.18 bits per heavy atom. The maximum Gasteiger partial charge on any atom is 0.136 e. The number of carbonyl (C=O) groups excluding carboxylic acids is 1. The van der Waals surface area contributed by atoms with Crippen LogP contribution in [0.25, 0.3) is 0 Å². The summed E-state index contributed by atoms with van der Waals surface area (Å²) >= 11 is 0. The van der Waals surface area contributed by atoms with Crippen molar-refractivity contribution >= 4 is 5.78 Å². The fraction of sp³-hybridized carbons (Fsp3) is 0.889. The summed E-state index contributed by atoms with van der Waals surface area (Å²) in [5.74, 6) is 0.436. The number of fused-ring (bicyclic) bond motifs is 2. The number of Topliss-reactive ketones (excluding diaryl/α,β-unsaturated/α-hetero) is 1. The van der Waals surface area contributed by atoms with Crippen molar-refractivity contribution in [1.29, 1.82) is 0 Å². The highest BCUT2D eigenvalue weighted by Gasteiger charge is 2.47. The first-order chi connectivity index (χ1) is 5.02. The Balaban J connectivity index is 2.28. The van der Waals surface area contributed by atoms with Gasteiger partial charge in [0, 0.05) is 23.9 Å². The molecule has 2 unspecified atom stereocenters. The first-order valence-electron chi connectivity index (χ1n) is 4.33. The van der Waals surface area contributed by atoms with Crippen molar-refractivity contribution in [2.45, 2.75) is 50.6 Å². The summed E-state index contributed by atoms with van der Waals surface area (Å²) in [6, 6.07) is 0. The lowest BCUT2D eigenvalue weighted by Gasteiger charge is -2.35. The van der Waals surface area contributed by atoms with E-state index >= 15 is 0 Å². The molecule has 2 heteroatoms. The minimum Gasteiger partial charge on any atom is -0.305 e. The third-order valence-electron chi connectivity index (χ3n) is 3.01. The quantitative estimate of drug-likeness (QED) is 0.567. The number of piperidine rings is 1. The molecule has 2 bridgehead atoms. The van der Waals surface area contributed by atoms with Gasteiger partial charge in [-0.2, -0.15) is 0 Å². The molecular weight excluding hydrogens is 138 g/mol. The van der Waals surface area contributed by atoms with Crippen LogP contribution in [0.5, 0.6) is 0 Å². The summed E-state index contributed by atoms with van der Waals surface area (Å²) in [5, 5.41) is 3.55. The van der Waals surface area contributed by atoms with E-state index < -0.39 is 0 Å². The van der Waals surface area contributed by atoms with Crippen LogP contribution in [0.3, 0.4) is 0 Å². The van der Waals surface area contributed by atoms with E-state index in [0.29, 0.717) is 5.78 Å². The Morgan fingerprint density at radius 3 is 2.09 bits per heavy atom. The molecule has 2 aliphatic heterocycles. The van der Waals surface area contributed by atoms with Crippen molar-refractivity contribution in [3.63, 3.8) is 0 Å². The van der Waals surface area contributed by atoms with Crippen molar-refractivity contribution in [3.8, 4) is 0 Å². The fourth-order valence-electron chi connectivity index (χ4n) is 2.60. The van der Waals surface area contributed by atoms with E-state index in [-0.39, 0.29) is 11.1 Å². The van der Waals surface area contributed by atoms with Crippen molar-refractivity contribution < 1.29 is 4.79 Å². The molecule has 0 aromatic heterocycles. The Morgan fingerprint density at radius 2 is 1.64 bits per heavy atom. The van der Waals surface area contributed by atoms with Crippen LogP contribution in [0.1, 0.15) is 39.5 Å². The smallest absolute Gasteiger partial charge is 0.136 e. The number of carbonyl (C=O) groups is 1. The predicted molar refractivity (Wildman–Crippen MR) is 43.4 cm³/mol. The molecule has 1 N–H and O–H groups in total. The van der Waals surface area contributed by atoms with Crippen molar-refractivity contribution in [2.75, 3.05) is 0 Å². The van der Waals surface area contributed by atoms with Crippen molar-refractivity contribution in [2.24, 2.45) is 0 Å². The summed E-state index contributed by atoms with van der Waals surface area (Å²) < 4.78 is 0. The van der Waals surface area contributed by atoms with E-state index in [1.807, 2.05) is 0 Å². The second-order valence-corrected chi connectivity index (χ2v) is 4.64. The Hall–Kier alpha value is -0.370. The Kier molecular flexibility index (Phi) is 1.23. The summed E-state index contributed by atoms with van der Waals surface area (Å²) in [7, 11) is 0. The van der Waals surface area contributed by atoms with Gasteiger partial charge in [-0.05, 0) is 26.7 Å². The average Bonchev–Trinajstić information content (AvgIpc) is 2.01. The number of hydrogen-bond donors (Lipinski definition) is 1. The molecule has 2 rings (SSSR count). The number of ketones is 1. The lowest BCUT2D eigenvalue weighted by Crippen LogP contribution is -2.53. The molecule has 2 fully saturated rings. The topological polar surface area (TPSA) is 29.1 Å². The zero-order valence-corrected chi connectivity index (χ0v) is 7.24. The van der Waals surface area contributed by atoms with Crippen LogP contribution in [0, 0.1) is 0 Å². The maximum absolute atomic E-state index is 11.3. The lowest BCUT2D eigenvalue weighted by molar-refractivity contribution is -0.123. The summed E-state index contributed by atoms with van der Waals surface area (Å²) in [4.78, 5) is 11.3. The maximum atomic E-state index is 11.3. The van der Waals surface area contributed by atoms with E-state index in [9.17, 15) is 4.79 Å². The molecule has 2 heterocycles. The molecular formula is C9H15NO. The fourth-order valence-corrected chi connectivity index (χ4v) is 2.60. The predicted octanol–water partition coefficient (Wildman–Crippen LogP) is 1.25. The molecule has 0 saturated carbocycles. The standard InChI is InChI=1S/C9H15NO/c1-8-3-4-9(2,10-8)6-7(11)5-8/h10H,3-6H2,1-2H3. The molecule has 11 heavy (non-hydrogen) atoms. The van der Waals surface area contributed by atoms with Crippen LogP contribution in [0.4, 0.5) is 0 Å². The highest BCUT2D eigenvalue weighted by Crippen LogP contribution is 2.39. The van der Waals surface area contributed by atoms with Gasteiger partial charge in [-0.15, -0.1) is 0 Å². The van der Waals surface area contributed by atoms with E-state index in [4.69, 9.17) is 0 Å². The molecule has 0 aromatic carbocycles. The molecule has 0 spiro atoms. The second kappa shape index (κ2) is 1.86. The molecule has 2 atom stereocenters. The van der Waals surface area contributed by atoms with Crippen LogP contribution in [-0.4, -0.2) is 16.9 Å². The van der Waals surface area contributed by atoms with Crippen molar-refractivity contribution in [1.82, 2.24) is 5.32 Å². The average molecular weight is 153 g/mol. The highest BCUT2D eigenvalue weighted by atomic mass is 16.1. The SMILES string of the molecule is CC12CCC(C)(CC(=O)C1)N2. The van der Waals surface area contributed by atoms with E-state index in [1.54, 1.807) is 0 Å². The number of rotatable bonds is 0. The third kappa shape index (κ3) is 1.09. The van der Waals surface area contributed by atoms with Crippen molar-refractivity contribution in [3.05, 3.63) is 0 Å². The van der Waals surface area contributed by atoms with Gasteiger partial charge in [0.15, 0.2) is 0 Å². The molecule has 0 aliphatic carbocycles. The van der Waals surface area contributed by atoms with Gasteiger partial charge in [0.25, 0.3) is 0 Å². The normalized spacial score (nSPS) is 49.8. The van der Waals surface area contributed by atoms with Gasteiger partial charge in [-0.25, -0.2) is 0 Å².